The predicted octanol–water partition coefficient (Wildman–Crippen LogP) is 2.12. The molecule has 8 heteroatoms. The molecule has 2 amide bonds. The molecule has 0 saturated carbocycles. The van der Waals surface area contributed by atoms with Crippen molar-refractivity contribution in [1.29, 1.82) is 0 Å². The second-order valence-corrected chi connectivity index (χ2v) is 11.6. The van der Waals surface area contributed by atoms with E-state index < -0.39 is 12.1 Å². The zero-order chi connectivity index (χ0) is 29.4. The number of nitrogens with one attached hydrogen (secondary N) is 1. The zero-order valence-electron chi connectivity index (χ0n) is 25.1. The van der Waals surface area contributed by atoms with E-state index in [-0.39, 0.29) is 23.9 Å². The number of nitrogens with zero attached hydrogens (tertiary/aromatic N) is 2. The van der Waals surface area contributed by atoms with Crippen molar-refractivity contribution in [3.8, 4) is 0 Å². The van der Waals surface area contributed by atoms with Gasteiger partial charge < -0.3 is 32.3 Å². The highest BCUT2D eigenvalue weighted by Crippen LogP contribution is 2.23. The number of nitrogens with two attached hydrogens (primary N) is 3. The van der Waals surface area contributed by atoms with Gasteiger partial charge in [-0.3, -0.25) is 9.59 Å². The highest BCUT2D eigenvalue weighted by Gasteiger charge is 2.39. The largest absolute Gasteiger partial charge is 0.335 e. The second kappa shape index (κ2) is 14.7. The summed E-state index contributed by atoms with van der Waals surface area (Å²) in [6, 6.07) is 10.9. The van der Waals surface area contributed by atoms with Crippen molar-refractivity contribution in [2.24, 2.45) is 17.2 Å². The summed E-state index contributed by atoms with van der Waals surface area (Å²) in [6.07, 6.45) is 2.61. The van der Waals surface area contributed by atoms with E-state index in [0.29, 0.717) is 32.5 Å². The van der Waals surface area contributed by atoms with Gasteiger partial charge in [-0.2, -0.15) is 0 Å². The minimum absolute atomic E-state index is 0.0570. The van der Waals surface area contributed by atoms with Gasteiger partial charge in [0.05, 0.1) is 12.1 Å². The fraction of sp³-hybridized carbons (Fsp3) is 0.562. The molecule has 2 aromatic rings. The Morgan fingerprint density at radius 3 is 1.88 bits per heavy atom. The number of benzene rings is 2. The SMILES string of the molecule is Cc1ccc(CC(N)C(=O)N2C[C@@H](C)N(C(=O)C(N)Cc3ccc(C)cc3C)C[C@@H]2CCCNCCN)c(C)c1. The molecule has 220 valence electrons. The summed E-state index contributed by atoms with van der Waals surface area (Å²) >= 11 is 0. The van der Waals surface area contributed by atoms with Crippen LogP contribution in [-0.4, -0.2) is 78.5 Å². The van der Waals surface area contributed by atoms with Gasteiger partial charge in [-0.1, -0.05) is 47.5 Å². The van der Waals surface area contributed by atoms with Crippen LogP contribution in [-0.2, 0) is 22.4 Å². The van der Waals surface area contributed by atoms with E-state index in [1.165, 1.54) is 11.1 Å². The van der Waals surface area contributed by atoms with Crippen LogP contribution in [0.1, 0.15) is 53.1 Å². The van der Waals surface area contributed by atoms with Crippen LogP contribution in [0.4, 0.5) is 0 Å². The van der Waals surface area contributed by atoms with E-state index >= 15 is 0 Å². The van der Waals surface area contributed by atoms with Crippen LogP contribution in [0.2, 0.25) is 0 Å². The van der Waals surface area contributed by atoms with E-state index in [9.17, 15) is 9.59 Å². The monoisotopic (exact) mass is 550 g/mol. The third kappa shape index (κ3) is 8.36. The smallest absolute Gasteiger partial charge is 0.240 e. The number of carbonyl (C=O) groups is 2. The Labute approximate surface area is 240 Å². The minimum Gasteiger partial charge on any atom is -0.335 e. The maximum Gasteiger partial charge on any atom is 0.240 e. The first-order valence-electron chi connectivity index (χ1n) is 14.7. The molecule has 2 aromatic carbocycles. The third-order valence-electron chi connectivity index (χ3n) is 8.13. The molecule has 40 heavy (non-hydrogen) atoms. The molecule has 4 atom stereocenters. The molecule has 0 bridgehead atoms. The quantitative estimate of drug-likeness (QED) is 0.300. The zero-order valence-corrected chi connectivity index (χ0v) is 25.1. The highest BCUT2D eigenvalue weighted by atomic mass is 16.2. The topological polar surface area (TPSA) is 131 Å². The molecular weight excluding hydrogens is 500 g/mol. The summed E-state index contributed by atoms with van der Waals surface area (Å²) in [4.78, 5) is 31.1. The molecule has 2 unspecified atom stereocenters. The Morgan fingerprint density at radius 1 is 0.850 bits per heavy atom. The van der Waals surface area contributed by atoms with Gasteiger partial charge in [0.25, 0.3) is 0 Å². The maximum atomic E-state index is 13.7. The average Bonchev–Trinajstić information content (AvgIpc) is 2.91. The lowest BCUT2D eigenvalue weighted by molar-refractivity contribution is -0.148. The Morgan fingerprint density at radius 2 is 1.38 bits per heavy atom. The summed E-state index contributed by atoms with van der Waals surface area (Å²) in [7, 11) is 0. The molecule has 0 aromatic heterocycles. The first-order valence-corrected chi connectivity index (χ1v) is 14.7. The molecule has 1 saturated heterocycles. The number of aryl methyl sites for hydroxylation is 4. The van der Waals surface area contributed by atoms with E-state index in [4.69, 9.17) is 17.2 Å². The number of amides is 2. The molecule has 3 rings (SSSR count). The van der Waals surface area contributed by atoms with E-state index in [1.54, 1.807) is 0 Å². The fourth-order valence-electron chi connectivity index (χ4n) is 5.78. The Hall–Kier alpha value is -2.78. The van der Waals surface area contributed by atoms with Gasteiger partial charge in [0.2, 0.25) is 11.8 Å². The molecular formula is C32H50N6O2. The standard InChI is InChI=1S/C32H50N6O2/c1-21-8-10-26(23(3)15-21)17-29(34)31(39)37-20-28(7-6-13-36-14-12-33)38(19-25(37)5)32(40)30(35)18-27-11-9-22(2)16-24(27)4/h8-11,15-16,25,28-30,36H,6-7,12-14,17-20,33-35H2,1-5H3/t25-,28+,29?,30?/m1/s1. The van der Waals surface area contributed by atoms with E-state index in [1.807, 2.05) is 16.7 Å². The fourth-order valence-corrected chi connectivity index (χ4v) is 5.78. The number of hydrogen-bond donors (Lipinski definition) is 4. The molecule has 1 aliphatic heterocycles. The van der Waals surface area contributed by atoms with Gasteiger partial charge >= 0.3 is 0 Å². The van der Waals surface area contributed by atoms with Gasteiger partial charge in [0, 0.05) is 38.3 Å². The molecule has 0 spiro atoms. The number of rotatable bonds is 12. The Bertz CT molecular complexity index is 1150. The lowest BCUT2D eigenvalue weighted by Gasteiger charge is -2.47. The molecule has 1 heterocycles. The lowest BCUT2D eigenvalue weighted by atomic mass is 9.95. The molecule has 0 radical (unpaired) electrons. The maximum absolute atomic E-state index is 13.7. The summed E-state index contributed by atoms with van der Waals surface area (Å²) < 4.78 is 0. The van der Waals surface area contributed by atoms with Crippen molar-refractivity contribution in [3.63, 3.8) is 0 Å². The molecule has 1 aliphatic rings. The first kappa shape index (κ1) is 31.7. The normalized spacial score (nSPS) is 19.0. The van der Waals surface area contributed by atoms with Gasteiger partial charge in [-0.15, -0.1) is 0 Å². The van der Waals surface area contributed by atoms with Crippen molar-refractivity contribution in [2.75, 3.05) is 32.7 Å². The second-order valence-electron chi connectivity index (χ2n) is 11.6. The first-order chi connectivity index (χ1) is 19.0. The summed E-state index contributed by atoms with van der Waals surface area (Å²) in [5, 5.41) is 3.33. The third-order valence-corrected chi connectivity index (χ3v) is 8.13. The summed E-state index contributed by atoms with van der Waals surface area (Å²) in [5.41, 5.74) is 25.5. The Balaban J connectivity index is 1.73. The van der Waals surface area contributed by atoms with Gasteiger partial charge in [0.15, 0.2) is 0 Å². The van der Waals surface area contributed by atoms with Crippen molar-refractivity contribution in [1.82, 2.24) is 15.1 Å². The molecule has 0 aliphatic carbocycles. The van der Waals surface area contributed by atoms with Crippen LogP contribution in [0.5, 0.6) is 0 Å². The summed E-state index contributed by atoms with van der Waals surface area (Å²) in [6.45, 7) is 13.3. The molecule has 1 fully saturated rings. The molecule has 7 N–H and O–H groups in total. The van der Waals surface area contributed by atoms with E-state index in [0.717, 1.165) is 48.2 Å². The van der Waals surface area contributed by atoms with Crippen molar-refractivity contribution in [2.45, 2.75) is 84.5 Å². The number of carbonyl (C=O) groups excluding carboxylic acids is 2. The number of piperazine rings is 1. The number of hydrogen-bond acceptors (Lipinski definition) is 6. The minimum atomic E-state index is -0.638. The highest BCUT2D eigenvalue weighted by molar-refractivity contribution is 5.85. The van der Waals surface area contributed by atoms with Crippen molar-refractivity contribution in [3.05, 3.63) is 69.8 Å². The van der Waals surface area contributed by atoms with Crippen LogP contribution in [0.15, 0.2) is 36.4 Å². The van der Waals surface area contributed by atoms with Crippen LogP contribution in [0, 0.1) is 27.7 Å². The average molecular weight is 551 g/mol. The van der Waals surface area contributed by atoms with Crippen LogP contribution < -0.4 is 22.5 Å². The van der Waals surface area contributed by atoms with Gasteiger partial charge in [-0.25, -0.2) is 0 Å². The predicted molar refractivity (Wildman–Crippen MR) is 163 cm³/mol. The van der Waals surface area contributed by atoms with Crippen LogP contribution in [0.25, 0.3) is 0 Å². The van der Waals surface area contributed by atoms with Gasteiger partial charge in [-0.05, 0) is 89.1 Å². The summed E-state index contributed by atoms with van der Waals surface area (Å²) in [5.74, 6) is -0.121. The van der Waals surface area contributed by atoms with Crippen LogP contribution >= 0.6 is 0 Å². The van der Waals surface area contributed by atoms with Crippen molar-refractivity contribution < 1.29 is 9.59 Å². The van der Waals surface area contributed by atoms with Gasteiger partial charge in [0.1, 0.15) is 0 Å². The Kier molecular flexibility index (Phi) is 11.7. The molecule has 8 nitrogen and oxygen atoms in total. The lowest BCUT2D eigenvalue weighted by Crippen LogP contribution is -2.64. The van der Waals surface area contributed by atoms with E-state index in [2.05, 4.69) is 69.4 Å². The van der Waals surface area contributed by atoms with Crippen LogP contribution in [0.3, 0.4) is 0 Å². The van der Waals surface area contributed by atoms with Crippen molar-refractivity contribution >= 4 is 11.8 Å².